The van der Waals surface area contributed by atoms with E-state index in [-0.39, 0.29) is 17.4 Å². The van der Waals surface area contributed by atoms with E-state index in [0.717, 1.165) is 25.7 Å². The van der Waals surface area contributed by atoms with Gasteiger partial charge in [0.1, 0.15) is 11.0 Å². The molecule has 1 saturated carbocycles. The van der Waals surface area contributed by atoms with Crippen LogP contribution in [0.5, 0.6) is 0 Å². The van der Waals surface area contributed by atoms with Crippen LogP contribution in [0.2, 0.25) is 5.28 Å². The Hall–Kier alpha value is -1.93. The van der Waals surface area contributed by atoms with Crippen LogP contribution in [-0.2, 0) is 0 Å². The van der Waals surface area contributed by atoms with E-state index in [4.69, 9.17) is 11.6 Å². The summed E-state index contributed by atoms with van der Waals surface area (Å²) in [5.74, 6) is 1.53. The number of fused-ring (bicyclic) bond motifs is 1. The predicted octanol–water partition coefficient (Wildman–Crippen LogP) is 1.87. The van der Waals surface area contributed by atoms with Gasteiger partial charge in [-0.2, -0.15) is 9.97 Å². The highest BCUT2D eigenvalue weighted by molar-refractivity contribution is 6.29. The molecule has 0 bridgehead atoms. The molecule has 3 rings (SSSR count). The normalized spacial score (nSPS) is 21.2. The molecule has 0 unspecified atom stereocenters. The lowest BCUT2D eigenvalue weighted by Gasteiger charge is -2.28. The van der Waals surface area contributed by atoms with Crippen molar-refractivity contribution >= 4 is 40.2 Å². The van der Waals surface area contributed by atoms with Crippen LogP contribution in [0.3, 0.4) is 0 Å². The highest BCUT2D eigenvalue weighted by atomic mass is 35.5. The molecule has 1 aliphatic carbocycles. The third-order valence-corrected chi connectivity index (χ3v) is 4.20. The molecule has 23 heavy (non-hydrogen) atoms. The zero-order valence-electron chi connectivity index (χ0n) is 13.1. The Balaban J connectivity index is 2.02. The van der Waals surface area contributed by atoms with Crippen molar-refractivity contribution in [2.75, 3.05) is 30.0 Å². The van der Waals surface area contributed by atoms with Crippen molar-refractivity contribution in [3.63, 3.8) is 0 Å². The number of aliphatic hydroxyl groups is 1. The molecule has 2 heterocycles. The largest absolute Gasteiger partial charge is 0.391 e. The summed E-state index contributed by atoms with van der Waals surface area (Å²) in [5, 5.41) is 19.5. The molecule has 0 saturated heterocycles. The van der Waals surface area contributed by atoms with Crippen molar-refractivity contribution in [1.29, 1.82) is 0 Å². The van der Waals surface area contributed by atoms with Crippen molar-refractivity contribution in [2.24, 2.45) is 0 Å². The molecule has 0 amide bonds. The highest BCUT2D eigenvalue weighted by Gasteiger charge is 2.24. The smallest absolute Gasteiger partial charge is 0.225 e. The first-order valence-corrected chi connectivity index (χ1v) is 8.05. The Labute approximate surface area is 139 Å². The molecule has 124 valence electrons. The van der Waals surface area contributed by atoms with Crippen LogP contribution in [0.1, 0.15) is 25.7 Å². The average molecular weight is 338 g/mol. The quantitative estimate of drug-likeness (QED) is 0.626. The van der Waals surface area contributed by atoms with E-state index in [0.29, 0.717) is 28.6 Å². The maximum Gasteiger partial charge on any atom is 0.225 e. The molecule has 1 fully saturated rings. The van der Waals surface area contributed by atoms with Crippen molar-refractivity contribution in [2.45, 2.75) is 37.8 Å². The molecule has 2 atom stereocenters. The number of hydrogen-bond donors (Lipinski definition) is 4. The molecule has 0 aromatic carbocycles. The molecule has 9 heteroatoms. The molecule has 0 radical (unpaired) electrons. The third-order valence-electron chi connectivity index (χ3n) is 4.03. The lowest BCUT2D eigenvalue weighted by atomic mass is 9.93. The van der Waals surface area contributed by atoms with E-state index in [1.807, 2.05) is 0 Å². The van der Waals surface area contributed by atoms with E-state index >= 15 is 0 Å². The monoisotopic (exact) mass is 337 g/mol. The molecule has 1 aliphatic rings. The number of hydrogen-bond acceptors (Lipinski definition) is 8. The summed E-state index contributed by atoms with van der Waals surface area (Å²) in [4.78, 5) is 17.3. The van der Waals surface area contributed by atoms with E-state index < -0.39 is 0 Å². The fraction of sp³-hybridized carbons (Fsp3) is 0.571. The van der Waals surface area contributed by atoms with Gasteiger partial charge in [-0.25, -0.2) is 9.97 Å². The van der Waals surface area contributed by atoms with E-state index in [9.17, 15) is 5.11 Å². The van der Waals surface area contributed by atoms with Crippen LogP contribution >= 0.6 is 11.6 Å². The molecule has 2 aromatic rings. The van der Waals surface area contributed by atoms with Crippen LogP contribution in [0.25, 0.3) is 11.0 Å². The standard InChI is InChI=1S/C14H20ClN7O/c1-16-11-10-9(19-13(15)21-11)12(17-2)22-14(20-10)18-7-5-3-4-6-8(7)23/h7-8,23H,3-6H2,1-2H3,(H,16,19,21)(H2,17,18,20,22)/t7-,8+/m0/s1. The average Bonchev–Trinajstić information content (AvgIpc) is 2.56. The summed E-state index contributed by atoms with van der Waals surface area (Å²) in [6.07, 6.45) is 3.45. The van der Waals surface area contributed by atoms with Gasteiger partial charge in [0, 0.05) is 14.1 Å². The Kier molecular flexibility index (Phi) is 4.63. The minimum Gasteiger partial charge on any atom is -0.391 e. The fourth-order valence-corrected chi connectivity index (χ4v) is 3.02. The van der Waals surface area contributed by atoms with Gasteiger partial charge >= 0.3 is 0 Å². The van der Waals surface area contributed by atoms with Gasteiger partial charge in [0.25, 0.3) is 0 Å². The number of aliphatic hydroxyl groups excluding tert-OH is 1. The maximum absolute atomic E-state index is 10.1. The van der Waals surface area contributed by atoms with E-state index in [1.54, 1.807) is 14.1 Å². The summed E-state index contributed by atoms with van der Waals surface area (Å²) >= 11 is 5.95. The zero-order valence-corrected chi connectivity index (χ0v) is 13.9. The summed E-state index contributed by atoms with van der Waals surface area (Å²) in [6, 6.07) is -0.0443. The molecular weight excluding hydrogens is 318 g/mol. The highest BCUT2D eigenvalue weighted by Crippen LogP contribution is 2.27. The lowest BCUT2D eigenvalue weighted by molar-refractivity contribution is 0.116. The number of nitrogens with one attached hydrogen (secondary N) is 3. The maximum atomic E-state index is 10.1. The minimum atomic E-state index is -0.383. The Morgan fingerprint density at radius 3 is 2.30 bits per heavy atom. The van der Waals surface area contributed by atoms with Crippen molar-refractivity contribution in [1.82, 2.24) is 19.9 Å². The number of halogens is 1. The van der Waals surface area contributed by atoms with Gasteiger partial charge in [0.2, 0.25) is 11.2 Å². The first-order chi connectivity index (χ1) is 11.1. The van der Waals surface area contributed by atoms with Gasteiger partial charge < -0.3 is 21.1 Å². The van der Waals surface area contributed by atoms with Crippen molar-refractivity contribution in [3.05, 3.63) is 5.28 Å². The van der Waals surface area contributed by atoms with E-state index in [2.05, 4.69) is 35.9 Å². The fourth-order valence-electron chi connectivity index (χ4n) is 2.85. The van der Waals surface area contributed by atoms with Crippen molar-refractivity contribution in [3.8, 4) is 0 Å². The minimum absolute atomic E-state index is 0.0443. The second-order valence-electron chi connectivity index (χ2n) is 5.54. The lowest BCUT2D eigenvalue weighted by Crippen LogP contribution is -2.36. The van der Waals surface area contributed by atoms with Crippen LogP contribution in [0.15, 0.2) is 0 Å². The molecule has 4 N–H and O–H groups in total. The van der Waals surface area contributed by atoms with Crippen LogP contribution in [0, 0.1) is 0 Å². The SMILES string of the molecule is CNc1nc(N[C@H]2CCCC[C@H]2O)nc2c(NC)nc(Cl)nc12. The number of aromatic nitrogens is 4. The zero-order chi connectivity index (χ0) is 16.4. The molecular formula is C14H20ClN7O. The van der Waals surface area contributed by atoms with Crippen LogP contribution < -0.4 is 16.0 Å². The van der Waals surface area contributed by atoms with Gasteiger partial charge in [0.15, 0.2) is 11.6 Å². The van der Waals surface area contributed by atoms with Crippen LogP contribution in [-0.4, -0.2) is 51.3 Å². The first-order valence-electron chi connectivity index (χ1n) is 7.67. The molecule has 8 nitrogen and oxygen atoms in total. The van der Waals surface area contributed by atoms with Gasteiger partial charge in [-0.05, 0) is 24.4 Å². The molecule has 2 aromatic heterocycles. The Morgan fingerprint density at radius 2 is 1.61 bits per heavy atom. The molecule has 0 spiro atoms. The van der Waals surface area contributed by atoms with Crippen molar-refractivity contribution < 1.29 is 5.11 Å². The number of nitrogens with zero attached hydrogens (tertiary/aromatic N) is 4. The molecule has 0 aliphatic heterocycles. The van der Waals surface area contributed by atoms with Gasteiger partial charge in [-0.15, -0.1) is 0 Å². The van der Waals surface area contributed by atoms with E-state index in [1.165, 1.54) is 0 Å². The predicted molar refractivity (Wildman–Crippen MR) is 91.1 cm³/mol. The number of rotatable bonds is 4. The van der Waals surface area contributed by atoms with Gasteiger partial charge in [-0.3, -0.25) is 0 Å². The summed E-state index contributed by atoms with van der Waals surface area (Å²) in [7, 11) is 3.51. The second-order valence-corrected chi connectivity index (χ2v) is 5.87. The Morgan fingerprint density at radius 1 is 0.957 bits per heavy atom. The third kappa shape index (κ3) is 3.23. The van der Waals surface area contributed by atoms with Gasteiger partial charge in [0.05, 0.1) is 12.1 Å². The summed E-state index contributed by atoms with van der Waals surface area (Å²) in [6.45, 7) is 0. The van der Waals surface area contributed by atoms with Crippen LogP contribution in [0.4, 0.5) is 17.6 Å². The topological polar surface area (TPSA) is 108 Å². The van der Waals surface area contributed by atoms with Gasteiger partial charge in [-0.1, -0.05) is 12.8 Å². The summed E-state index contributed by atoms with van der Waals surface area (Å²) < 4.78 is 0. The Bertz CT molecular complexity index is 711. The number of anilines is 3. The first kappa shape index (κ1) is 15.9. The second kappa shape index (κ2) is 6.67. The summed E-state index contributed by atoms with van der Waals surface area (Å²) in [5.41, 5.74) is 1.12.